The van der Waals surface area contributed by atoms with Gasteiger partial charge in [-0.15, -0.1) is 0 Å². The summed E-state index contributed by atoms with van der Waals surface area (Å²) in [5.41, 5.74) is 0.761. The smallest absolute Gasteiger partial charge is 0.239 e. The third-order valence-electron chi connectivity index (χ3n) is 4.46. The van der Waals surface area contributed by atoms with E-state index in [0.29, 0.717) is 18.9 Å². The van der Waals surface area contributed by atoms with E-state index in [1.54, 1.807) is 25.2 Å². The van der Waals surface area contributed by atoms with E-state index >= 15 is 0 Å². The van der Waals surface area contributed by atoms with Crippen molar-refractivity contribution in [2.75, 3.05) is 41.0 Å². The number of methoxy groups -OCH3 is 2. The number of carbonyl (C=O) groups is 3. The molecule has 26 heavy (non-hydrogen) atoms. The maximum atomic E-state index is 12.7. The number of hydrogen-bond acceptors (Lipinski definition) is 5. The first-order chi connectivity index (χ1) is 12.5. The van der Waals surface area contributed by atoms with E-state index in [1.165, 1.54) is 7.05 Å². The molecule has 1 aromatic rings. The molecule has 0 radical (unpaired) electrons. The molecule has 1 fully saturated rings. The van der Waals surface area contributed by atoms with Crippen LogP contribution in [-0.2, 0) is 19.1 Å². The van der Waals surface area contributed by atoms with Crippen LogP contribution in [0.2, 0.25) is 0 Å². The first-order valence-electron chi connectivity index (χ1n) is 8.43. The van der Waals surface area contributed by atoms with Crippen molar-refractivity contribution < 1.29 is 23.9 Å². The summed E-state index contributed by atoms with van der Waals surface area (Å²) >= 11 is 0. The Bertz CT molecular complexity index is 664. The van der Waals surface area contributed by atoms with Gasteiger partial charge >= 0.3 is 0 Å². The predicted molar refractivity (Wildman–Crippen MR) is 94.5 cm³/mol. The summed E-state index contributed by atoms with van der Waals surface area (Å²) in [5.74, 6) is -0.761. The molecule has 2 atom stereocenters. The maximum absolute atomic E-state index is 12.7. The van der Waals surface area contributed by atoms with Gasteiger partial charge in [0.2, 0.25) is 17.7 Å². The Balaban J connectivity index is 2.31. The molecular weight excluding hydrogens is 338 g/mol. The minimum absolute atomic E-state index is 0.0754. The van der Waals surface area contributed by atoms with Crippen LogP contribution in [-0.4, -0.2) is 63.6 Å². The number of ether oxygens (including phenoxy) is 2. The summed E-state index contributed by atoms with van der Waals surface area (Å²) in [6, 6.07) is 6.85. The van der Waals surface area contributed by atoms with Gasteiger partial charge in [0.25, 0.3) is 0 Å². The fourth-order valence-corrected chi connectivity index (χ4v) is 3.16. The second kappa shape index (κ2) is 9.19. The number of nitrogens with one attached hydrogen (secondary N) is 2. The van der Waals surface area contributed by atoms with E-state index in [9.17, 15) is 14.4 Å². The van der Waals surface area contributed by atoms with Gasteiger partial charge in [0.15, 0.2) is 0 Å². The zero-order chi connectivity index (χ0) is 19.1. The van der Waals surface area contributed by atoms with Crippen molar-refractivity contribution >= 4 is 17.7 Å². The van der Waals surface area contributed by atoms with E-state index < -0.39 is 12.0 Å². The lowest BCUT2D eigenvalue weighted by Gasteiger charge is -2.29. The molecule has 0 bridgehead atoms. The molecule has 1 aliphatic heterocycles. The lowest BCUT2D eigenvalue weighted by atomic mass is 9.92. The van der Waals surface area contributed by atoms with Crippen LogP contribution in [0.3, 0.4) is 0 Å². The topological polar surface area (TPSA) is 97.0 Å². The Morgan fingerprint density at radius 1 is 1.27 bits per heavy atom. The fraction of sp³-hybridized carbons (Fsp3) is 0.500. The van der Waals surface area contributed by atoms with Crippen LogP contribution >= 0.6 is 0 Å². The Kier molecular flexibility index (Phi) is 6.97. The fourth-order valence-electron chi connectivity index (χ4n) is 3.16. The number of rotatable bonds is 8. The molecule has 0 aromatic heterocycles. The van der Waals surface area contributed by atoms with Crippen LogP contribution in [0, 0.1) is 5.92 Å². The zero-order valence-corrected chi connectivity index (χ0v) is 15.3. The molecule has 8 heteroatoms. The van der Waals surface area contributed by atoms with Gasteiger partial charge in [0.05, 0.1) is 32.2 Å². The second-order valence-corrected chi connectivity index (χ2v) is 5.97. The average molecular weight is 363 g/mol. The van der Waals surface area contributed by atoms with Crippen molar-refractivity contribution in [2.45, 2.75) is 12.5 Å². The summed E-state index contributed by atoms with van der Waals surface area (Å²) in [7, 11) is 4.61. The van der Waals surface area contributed by atoms with E-state index in [-0.39, 0.29) is 30.7 Å². The Morgan fingerprint density at radius 3 is 2.65 bits per heavy atom. The highest BCUT2D eigenvalue weighted by Gasteiger charge is 2.45. The summed E-state index contributed by atoms with van der Waals surface area (Å²) < 4.78 is 10.5. The molecule has 2 N–H and O–H groups in total. The molecule has 0 aliphatic carbocycles. The standard InChI is InChI=1S/C18H25N3O5/c1-19-15(22)11-20-18(24)13-10-16(23)21(8-9-25-2)17(13)12-6-4-5-7-14(12)26-3/h4-7,13,17H,8-11H2,1-3H3,(H,19,22)(H,20,24)/t13-,17+/m1/s1. The van der Waals surface area contributed by atoms with Crippen LogP contribution in [0.1, 0.15) is 18.0 Å². The molecule has 3 amide bonds. The number of hydrogen-bond donors (Lipinski definition) is 2. The summed E-state index contributed by atoms with van der Waals surface area (Å²) in [5, 5.41) is 5.06. The minimum Gasteiger partial charge on any atom is -0.496 e. The predicted octanol–water partition coefficient (Wildman–Crippen LogP) is 0.0934. The average Bonchev–Trinajstić information content (AvgIpc) is 3.00. The van der Waals surface area contributed by atoms with E-state index in [2.05, 4.69) is 10.6 Å². The Labute approximate surface area is 152 Å². The number of likely N-dealkylation sites (N-methyl/N-ethyl adjacent to an activating group) is 1. The number of benzene rings is 1. The van der Waals surface area contributed by atoms with Crippen LogP contribution in [0.4, 0.5) is 0 Å². The molecule has 0 spiro atoms. The quantitative estimate of drug-likeness (QED) is 0.682. The van der Waals surface area contributed by atoms with E-state index in [1.807, 2.05) is 18.2 Å². The van der Waals surface area contributed by atoms with Gasteiger partial charge in [-0.1, -0.05) is 18.2 Å². The van der Waals surface area contributed by atoms with Crippen LogP contribution < -0.4 is 15.4 Å². The van der Waals surface area contributed by atoms with Gasteiger partial charge in [-0.25, -0.2) is 0 Å². The number of nitrogens with zero attached hydrogens (tertiary/aromatic N) is 1. The molecule has 1 aromatic carbocycles. The molecule has 2 rings (SSSR count). The van der Waals surface area contributed by atoms with Crippen LogP contribution in [0.5, 0.6) is 5.75 Å². The van der Waals surface area contributed by atoms with E-state index in [4.69, 9.17) is 9.47 Å². The monoisotopic (exact) mass is 363 g/mol. The molecule has 1 heterocycles. The molecule has 8 nitrogen and oxygen atoms in total. The first-order valence-corrected chi connectivity index (χ1v) is 8.43. The highest BCUT2D eigenvalue weighted by atomic mass is 16.5. The first kappa shape index (κ1) is 19.7. The Morgan fingerprint density at radius 2 is 2.00 bits per heavy atom. The SMILES string of the molecule is CNC(=O)CNC(=O)[C@@H]1CC(=O)N(CCOC)[C@H]1c1ccccc1OC. The van der Waals surface area contributed by atoms with Gasteiger partial charge in [-0.3, -0.25) is 14.4 Å². The number of para-hydroxylation sites is 1. The van der Waals surface area contributed by atoms with Gasteiger partial charge in [-0.2, -0.15) is 0 Å². The van der Waals surface area contributed by atoms with Crippen molar-refractivity contribution in [1.82, 2.24) is 15.5 Å². The summed E-state index contributed by atoms with van der Waals surface area (Å²) in [6.07, 6.45) is 0.0754. The van der Waals surface area contributed by atoms with Crippen molar-refractivity contribution in [1.29, 1.82) is 0 Å². The van der Waals surface area contributed by atoms with Crippen LogP contribution in [0.15, 0.2) is 24.3 Å². The number of likely N-dealkylation sites (tertiary alicyclic amines) is 1. The van der Waals surface area contributed by atoms with Gasteiger partial charge in [-0.05, 0) is 6.07 Å². The van der Waals surface area contributed by atoms with Crippen molar-refractivity contribution in [3.05, 3.63) is 29.8 Å². The van der Waals surface area contributed by atoms with Crippen molar-refractivity contribution in [2.24, 2.45) is 5.92 Å². The van der Waals surface area contributed by atoms with Gasteiger partial charge in [0.1, 0.15) is 5.75 Å². The molecular formula is C18H25N3O5. The summed E-state index contributed by atoms with van der Waals surface area (Å²) in [6.45, 7) is 0.609. The third-order valence-corrected chi connectivity index (χ3v) is 4.46. The zero-order valence-electron chi connectivity index (χ0n) is 15.3. The van der Waals surface area contributed by atoms with Gasteiger partial charge in [0, 0.05) is 32.7 Å². The highest BCUT2D eigenvalue weighted by molar-refractivity contribution is 5.92. The molecule has 0 unspecified atom stereocenters. The third kappa shape index (κ3) is 4.32. The second-order valence-electron chi connectivity index (χ2n) is 5.97. The normalized spacial score (nSPS) is 19.3. The van der Waals surface area contributed by atoms with E-state index in [0.717, 1.165) is 5.56 Å². The minimum atomic E-state index is -0.611. The van der Waals surface area contributed by atoms with Crippen LogP contribution in [0.25, 0.3) is 0 Å². The lowest BCUT2D eigenvalue weighted by molar-refractivity contribution is -0.129. The van der Waals surface area contributed by atoms with Crippen molar-refractivity contribution in [3.8, 4) is 5.75 Å². The lowest BCUT2D eigenvalue weighted by Crippen LogP contribution is -2.40. The molecule has 1 saturated heterocycles. The number of amides is 3. The molecule has 0 saturated carbocycles. The van der Waals surface area contributed by atoms with Gasteiger partial charge < -0.3 is 25.0 Å². The summed E-state index contributed by atoms with van der Waals surface area (Å²) in [4.78, 5) is 38.3. The number of carbonyl (C=O) groups excluding carboxylic acids is 3. The highest BCUT2D eigenvalue weighted by Crippen LogP contribution is 2.41. The maximum Gasteiger partial charge on any atom is 0.239 e. The largest absolute Gasteiger partial charge is 0.496 e. The molecule has 142 valence electrons. The molecule has 1 aliphatic rings. The van der Waals surface area contributed by atoms with Crippen molar-refractivity contribution in [3.63, 3.8) is 0 Å². The Hall–Kier alpha value is -2.61.